The van der Waals surface area contributed by atoms with Crippen LogP contribution in [0.1, 0.15) is 12.6 Å². The number of anilines is 1. The van der Waals surface area contributed by atoms with Gasteiger partial charge in [-0.2, -0.15) is 5.10 Å². The van der Waals surface area contributed by atoms with Gasteiger partial charge in [0.15, 0.2) is 11.5 Å². The second-order valence-electron chi connectivity index (χ2n) is 4.47. The van der Waals surface area contributed by atoms with Crippen LogP contribution >= 0.6 is 15.9 Å². The Hall–Kier alpha value is -1.69. The molecule has 2 aromatic rings. The number of fused-ring (bicyclic) bond motifs is 1. The van der Waals surface area contributed by atoms with E-state index in [0.29, 0.717) is 19.8 Å². The van der Waals surface area contributed by atoms with Crippen molar-refractivity contribution in [3.05, 3.63) is 34.6 Å². The fourth-order valence-electron chi connectivity index (χ4n) is 2.18. The van der Waals surface area contributed by atoms with Crippen LogP contribution in [0.3, 0.4) is 0 Å². The van der Waals surface area contributed by atoms with Gasteiger partial charge in [-0.15, -0.1) is 0 Å². The maximum Gasteiger partial charge on any atom is 0.163 e. The minimum Gasteiger partial charge on any atom is -0.486 e. The van der Waals surface area contributed by atoms with Crippen molar-refractivity contribution in [1.82, 2.24) is 9.78 Å². The topological polar surface area (TPSA) is 48.3 Å². The van der Waals surface area contributed by atoms with E-state index in [2.05, 4.69) is 33.3 Å². The number of aromatic nitrogens is 2. The van der Waals surface area contributed by atoms with E-state index in [9.17, 15) is 0 Å². The lowest BCUT2D eigenvalue weighted by atomic mass is 10.2. The van der Waals surface area contributed by atoms with Crippen molar-refractivity contribution in [1.29, 1.82) is 0 Å². The average Bonchev–Trinajstić information content (AvgIpc) is 2.92. The smallest absolute Gasteiger partial charge is 0.163 e. The highest BCUT2D eigenvalue weighted by atomic mass is 79.9. The van der Waals surface area contributed by atoms with Gasteiger partial charge >= 0.3 is 0 Å². The molecule has 1 N–H and O–H groups in total. The number of halogens is 1. The minimum absolute atomic E-state index is 0.594. The molecule has 0 fully saturated rings. The first-order valence-electron chi connectivity index (χ1n) is 6.61. The van der Waals surface area contributed by atoms with E-state index in [0.717, 1.165) is 33.9 Å². The van der Waals surface area contributed by atoms with E-state index in [1.54, 1.807) is 0 Å². The highest BCUT2D eigenvalue weighted by molar-refractivity contribution is 9.10. The molecule has 0 unspecified atom stereocenters. The van der Waals surface area contributed by atoms with Gasteiger partial charge in [-0.05, 0) is 28.9 Å². The Morgan fingerprint density at radius 1 is 1.30 bits per heavy atom. The van der Waals surface area contributed by atoms with E-state index >= 15 is 0 Å². The summed E-state index contributed by atoms with van der Waals surface area (Å²) in [7, 11) is 0. The van der Waals surface area contributed by atoms with Crippen LogP contribution in [0.2, 0.25) is 0 Å². The van der Waals surface area contributed by atoms with Crippen LogP contribution in [-0.2, 0) is 13.1 Å². The number of ether oxygens (including phenoxy) is 2. The lowest BCUT2D eigenvalue weighted by Gasteiger charge is -2.20. The predicted molar refractivity (Wildman–Crippen MR) is 80.4 cm³/mol. The molecule has 1 aliphatic rings. The van der Waals surface area contributed by atoms with Crippen molar-refractivity contribution in [2.75, 3.05) is 18.5 Å². The van der Waals surface area contributed by atoms with Crippen molar-refractivity contribution < 1.29 is 9.47 Å². The van der Waals surface area contributed by atoms with Crippen molar-refractivity contribution in [3.8, 4) is 11.5 Å². The van der Waals surface area contributed by atoms with E-state index in [-0.39, 0.29) is 0 Å². The molecule has 0 saturated heterocycles. The first-order valence-corrected chi connectivity index (χ1v) is 7.41. The van der Waals surface area contributed by atoms with Gasteiger partial charge < -0.3 is 14.8 Å². The average molecular weight is 338 g/mol. The zero-order chi connectivity index (χ0) is 13.9. The highest BCUT2D eigenvalue weighted by Crippen LogP contribution is 2.38. The highest BCUT2D eigenvalue weighted by Gasteiger charge is 2.15. The molecular formula is C14H16BrN3O2. The van der Waals surface area contributed by atoms with Gasteiger partial charge in [0.2, 0.25) is 0 Å². The van der Waals surface area contributed by atoms with Gasteiger partial charge in [0, 0.05) is 29.3 Å². The summed E-state index contributed by atoms with van der Waals surface area (Å²) in [4.78, 5) is 0. The molecule has 0 spiro atoms. The van der Waals surface area contributed by atoms with Crippen LogP contribution in [-0.4, -0.2) is 23.0 Å². The van der Waals surface area contributed by atoms with Crippen molar-refractivity contribution in [3.63, 3.8) is 0 Å². The molecule has 0 amide bonds. The summed E-state index contributed by atoms with van der Waals surface area (Å²) in [5.41, 5.74) is 2.13. The van der Waals surface area contributed by atoms with Crippen LogP contribution < -0.4 is 14.8 Å². The number of aryl methyl sites for hydroxylation is 1. The summed E-state index contributed by atoms with van der Waals surface area (Å²) in [5, 5.41) is 7.66. The van der Waals surface area contributed by atoms with E-state index in [4.69, 9.17) is 9.47 Å². The Morgan fingerprint density at radius 2 is 2.05 bits per heavy atom. The number of rotatable bonds is 4. The summed E-state index contributed by atoms with van der Waals surface area (Å²) in [6.45, 7) is 4.85. The zero-order valence-electron chi connectivity index (χ0n) is 11.2. The van der Waals surface area contributed by atoms with Gasteiger partial charge in [-0.25, -0.2) is 0 Å². The molecule has 0 atom stereocenters. The largest absolute Gasteiger partial charge is 0.486 e. The fraction of sp³-hybridized carbons (Fsp3) is 0.357. The van der Waals surface area contributed by atoms with Gasteiger partial charge in [0.25, 0.3) is 0 Å². The number of nitrogens with one attached hydrogen (secondary N) is 1. The number of hydrogen-bond acceptors (Lipinski definition) is 4. The van der Waals surface area contributed by atoms with Gasteiger partial charge in [0.1, 0.15) is 13.2 Å². The SMILES string of the molecule is CCn1nccc1CNc1cc2c(cc1Br)OCCO2. The Bertz CT molecular complexity index is 612. The molecular weight excluding hydrogens is 322 g/mol. The number of hydrogen-bond donors (Lipinski definition) is 1. The van der Waals surface area contributed by atoms with Crippen LogP contribution in [0.25, 0.3) is 0 Å². The van der Waals surface area contributed by atoms with Crippen LogP contribution in [0.15, 0.2) is 28.9 Å². The number of nitrogens with zero attached hydrogens (tertiary/aromatic N) is 2. The Labute approximate surface area is 126 Å². The van der Waals surface area contributed by atoms with Crippen LogP contribution in [0.5, 0.6) is 11.5 Å². The third kappa shape index (κ3) is 2.60. The lowest BCUT2D eigenvalue weighted by molar-refractivity contribution is 0.171. The molecule has 5 nitrogen and oxygen atoms in total. The maximum atomic E-state index is 5.60. The minimum atomic E-state index is 0.594. The summed E-state index contributed by atoms with van der Waals surface area (Å²) in [6, 6.07) is 5.92. The first-order chi connectivity index (χ1) is 9.78. The molecule has 0 bridgehead atoms. The third-order valence-electron chi connectivity index (χ3n) is 3.20. The van der Waals surface area contributed by atoms with Crippen molar-refractivity contribution in [2.45, 2.75) is 20.0 Å². The first kappa shape index (κ1) is 13.3. The van der Waals surface area contributed by atoms with E-state index < -0.39 is 0 Å². The molecule has 2 heterocycles. The summed E-state index contributed by atoms with van der Waals surface area (Å²) < 4.78 is 14.1. The van der Waals surface area contributed by atoms with E-state index in [1.807, 2.05) is 29.1 Å². The summed E-state index contributed by atoms with van der Waals surface area (Å²) >= 11 is 3.55. The zero-order valence-corrected chi connectivity index (χ0v) is 12.8. The Kier molecular flexibility index (Phi) is 3.82. The van der Waals surface area contributed by atoms with Gasteiger partial charge in [-0.3, -0.25) is 4.68 Å². The fourth-order valence-corrected chi connectivity index (χ4v) is 2.64. The quantitative estimate of drug-likeness (QED) is 0.931. The van der Waals surface area contributed by atoms with Crippen LogP contribution in [0, 0.1) is 0 Å². The Morgan fingerprint density at radius 3 is 2.80 bits per heavy atom. The molecule has 20 heavy (non-hydrogen) atoms. The molecule has 3 rings (SSSR count). The van der Waals surface area contributed by atoms with Crippen molar-refractivity contribution in [2.24, 2.45) is 0 Å². The normalized spacial score (nSPS) is 13.3. The monoisotopic (exact) mass is 337 g/mol. The molecule has 1 aliphatic heterocycles. The number of benzene rings is 1. The summed E-state index contributed by atoms with van der Waals surface area (Å²) in [5.74, 6) is 1.57. The molecule has 0 radical (unpaired) electrons. The molecule has 1 aromatic heterocycles. The molecule has 6 heteroatoms. The van der Waals surface area contributed by atoms with Crippen molar-refractivity contribution >= 4 is 21.6 Å². The third-order valence-corrected chi connectivity index (χ3v) is 3.85. The van der Waals surface area contributed by atoms with Gasteiger partial charge in [0.05, 0.1) is 17.9 Å². The van der Waals surface area contributed by atoms with Crippen LogP contribution in [0.4, 0.5) is 5.69 Å². The molecule has 0 saturated carbocycles. The second kappa shape index (κ2) is 5.75. The molecule has 0 aliphatic carbocycles. The standard InChI is InChI=1S/C14H16BrN3O2/c1-2-18-10(3-4-17-18)9-16-12-8-14-13(7-11(12)15)19-5-6-20-14/h3-4,7-8,16H,2,5-6,9H2,1H3. The van der Waals surface area contributed by atoms with Gasteiger partial charge in [-0.1, -0.05) is 0 Å². The predicted octanol–water partition coefficient (Wildman–Crippen LogP) is 3.05. The maximum absolute atomic E-state index is 5.60. The second-order valence-corrected chi connectivity index (χ2v) is 5.32. The molecule has 1 aromatic carbocycles. The molecule has 106 valence electrons. The summed E-state index contributed by atoms with van der Waals surface area (Å²) in [6.07, 6.45) is 1.82. The lowest BCUT2D eigenvalue weighted by Crippen LogP contribution is -2.15. The Balaban J connectivity index is 1.77. The van der Waals surface area contributed by atoms with E-state index in [1.165, 1.54) is 0 Å².